The number of hydrogen-bond donors (Lipinski definition) is 3. The van der Waals surface area contributed by atoms with E-state index in [1.165, 1.54) is 6.26 Å². The number of aliphatic hydroxyl groups is 1. The maximum Gasteiger partial charge on any atom is 0.315 e. The van der Waals surface area contributed by atoms with Crippen molar-refractivity contribution in [3.63, 3.8) is 0 Å². The molecule has 2 aliphatic rings. The molecule has 132 valence electrons. The van der Waals surface area contributed by atoms with Gasteiger partial charge in [-0.1, -0.05) is 18.2 Å². The van der Waals surface area contributed by atoms with Gasteiger partial charge in [0.1, 0.15) is 23.2 Å². The second-order valence-corrected chi connectivity index (χ2v) is 6.82. The number of carbonyl (C=O) groups excluding carboxylic acids is 1. The average molecular weight is 342 g/mol. The minimum absolute atomic E-state index is 0.0917. The molecule has 1 aromatic heterocycles. The van der Waals surface area contributed by atoms with Gasteiger partial charge in [0.05, 0.1) is 18.8 Å². The Balaban J connectivity index is 1.40. The zero-order chi connectivity index (χ0) is 17.3. The molecule has 1 saturated carbocycles. The third-order valence-corrected chi connectivity index (χ3v) is 5.09. The van der Waals surface area contributed by atoms with Crippen LogP contribution in [0.3, 0.4) is 0 Å². The van der Waals surface area contributed by atoms with Crippen molar-refractivity contribution in [2.45, 2.75) is 43.4 Å². The van der Waals surface area contributed by atoms with Crippen LogP contribution in [0.25, 0.3) is 0 Å². The quantitative estimate of drug-likeness (QED) is 0.797. The van der Waals surface area contributed by atoms with Crippen molar-refractivity contribution in [1.29, 1.82) is 0 Å². The van der Waals surface area contributed by atoms with Crippen LogP contribution in [0.1, 0.15) is 49.2 Å². The van der Waals surface area contributed by atoms with Gasteiger partial charge in [-0.25, -0.2) is 4.79 Å². The summed E-state index contributed by atoms with van der Waals surface area (Å²) in [5.74, 6) is 1.29. The predicted molar refractivity (Wildman–Crippen MR) is 91.2 cm³/mol. The van der Waals surface area contributed by atoms with Crippen LogP contribution in [0.5, 0.6) is 5.75 Å². The normalized spacial score (nSPS) is 21.6. The fourth-order valence-electron chi connectivity index (χ4n) is 3.60. The molecule has 1 aromatic carbocycles. The Morgan fingerprint density at radius 3 is 2.84 bits per heavy atom. The molecule has 1 fully saturated rings. The van der Waals surface area contributed by atoms with Crippen molar-refractivity contribution in [2.24, 2.45) is 0 Å². The van der Waals surface area contributed by atoms with Crippen molar-refractivity contribution in [2.75, 3.05) is 6.54 Å². The standard InChI is InChI=1S/C19H22N2O4/c22-15(17-7-3-10-24-17)12-20-18(23)21-14-11-19(8-4-9-19)25-16-6-2-1-5-13(14)16/h1-3,5-7,10,14-15,22H,4,8-9,11-12H2,(H2,20,21,23)/t14-,15-/m0/s1. The van der Waals surface area contributed by atoms with Crippen molar-refractivity contribution in [3.8, 4) is 5.75 Å². The highest BCUT2D eigenvalue weighted by Gasteiger charge is 2.45. The third-order valence-electron chi connectivity index (χ3n) is 5.09. The number of rotatable bonds is 4. The van der Waals surface area contributed by atoms with E-state index < -0.39 is 6.10 Å². The molecule has 1 aliphatic carbocycles. The lowest BCUT2D eigenvalue weighted by atomic mass is 9.73. The second-order valence-electron chi connectivity index (χ2n) is 6.82. The second kappa shape index (κ2) is 6.44. The lowest BCUT2D eigenvalue weighted by molar-refractivity contribution is -0.0356. The molecule has 0 saturated heterocycles. The molecule has 1 aliphatic heterocycles. The Bertz CT molecular complexity index is 740. The Morgan fingerprint density at radius 1 is 1.28 bits per heavy atom. The number of benzene rings is 1. The van der Waals surface area contributed by atoms with E-state index in [0.717, 1.165) is 37.0 Å². The molecule has 2 amide bonds. The summed E-state index contributed by atoms with van der Waals surface area (Å²) < 4.78 is 11.3. The molecule has 2 heterocycles. The van der Waals surface area contributed by atoms with E-state index in [4.69, 9.17) is 9.15 Å². The van der Waals surface area contributed by atoms with Crippen molar-refractivity contribution in [3.05, 3.63) is 54.0 Å². The number of ether oxygens (including phenoxy) is 1. The molecule has 4 rings (SSSR count). The van der Waals surface area contributed by atoms with Crippen LogP contribution in [0.15, 0.2) is 47.1 Å². The SMILES string of the molecule is O=C(NC[C@H](O)c1ccco1)N[C@H]1CC2(CCC2)Oc2ccccc21. The molecule has 6 nitrogen and oxygen atoms in total. The fourth-order valence-corrected chi connectivity index (χ4v) is 3.60. The van der Waals surface area contributed by atoms with Gasteiger partial charge in [0.15, 0.2) is 0 Å². The summed E-state index contributed by atoms with van der Waals surface area (Å²) in [4.78, 5) is 12.3. The Kier molecular flexibility index (Phi) is 4.13. The topological polar surface area (TPSA) is 83.7 Å². The van der Waals surface area contributed by atoms with Crippen LogP contribution in [-0.4, -0.2) is 23.3 Å². The Labute approximate surface area is 146 Å². The number of nitrogens with one attached hydrogen (secondary N) is 2. The number of furan rings is 1. The minimum atomic E-state index is -0.860. The maximum atomic E-state index is 12.3. The first-order valence-corrected chi connectivity index (χ1v) is 8.69. The summed E-state index contributed by atoms with van der Waals surface area (Å²) >= 11 is 0. The predicted octanol–water partition coefficient (Wildman–Crippen LogP) is 3.06. The van der Waals surface area contributed by atoms with Crippen LogP contribution in [0.4, 0.5) is 4.79 Å². The van der Waals surface area contributed by atoms with Crippen LogP contribution in [0.2, 0.25) is 0 Å². The van der Waals surface area contributed by atoms with Gasteiger partial charge in [-0.05, 0) is 37.5 Å². The monoisotopic (exact) mass is 342 g/mol. The highest BCUT2D eigenvalue weighted by atomic mass is 16.5. The summed E-state index contributed by atoms with van der Waals surface area (Å²) in [7, 11) is 0. The first kappa shape index (κ1) is 16.0. The van der Waals surface area contributed by atoms with Crippen LogP contribution < -0.4 is 15.4 Å². The number of aliphatic hydroxyl groups excluding tert-OH is 1. The third kappa shape index (κ3) is 3.22. The van der Waals surface area contributed by atoms with Gasteiger partial charge in [0.25, 0.3) is 0 Å². The van der Waals surface area contributed by atoms with Gasteiger partial charge in [-0.3, -0.25) is 0 Å². The van der Waals surface area contributed by atoms with Gasteiger partial charge in [-0.2, -0.15) is 0 Å². The van der Waals surface area contributed by atoms with Gasteiger partial charge in [0.2, 0.25) is 0 Å². The van der Waals surface area contributed by atoms with E-state index in [1.54, 1.807) is 12.1 Å². The Morgan fingerprint density at radius 2 is 2.12 bits per heavy atom. The number of amides is 2. The van der Waals surface area contributed by atoms with Crippen LogP contribution in [-0.2, 0) is 0 Å². The summed E-state index contributed by atoms with van der Waals surface area (Å²) in [6.07, 6.45) is 4.63. The molecular weight excluding hydrogens is 320 g/mol. The first-order chi connectivity index (χ1) is 12.2. The number of fused-ring (bicyclic) bond motifs is 1. The van der Waals surface area contributed by atoms with E-state index >= 15 is 0 Å². The smallest absolute Gasteiger partial charge is 0.315 e. The number of para-hydroxylation sites is 1. The molecule has 6 heteroatoms. The van der Waals surface area contributed by atoms with E-state index in [0.29, 0.717) is 5.76 Å². The Hall–Kier alpha value is -2.47. The van der Waals surface area contributed by atoms with Crippen LogP contribution in [0, 0.1) is 0 Å². The molecule has 0 bridgehead atoms. The van der Waals surface area contributed by atoms with Crippen LogP contribution >= 0.6 is 0 Å². The molecule has 2 atom stereocenters. The summed E-state index contributed by atoms with van der Waals surface area (Å²) in [5, 5.41) is 15.7. The molecule has 0 unspecified atom stereocenters. The van der Waals surface area contributed by atoms with Crippen molar-refractivity contribution < 1.29 is 19.1 Å². The number of carbonyl (C=O) groups is 1. The highest BCUT2D eigenvalue weighted by Crippen LogP contribution is 2.48. The average Bonchev–Trinajstić information content (AvgIpc) is 3.13. The molecular formula is C19H22N2O4. The van der Waals surface area contributed by atoms with Gasteiger partial charge in [0, 0.05) is 12.0 Å². The minimum Gasteiger partial charge on any atom is -0.487 e. The van der Waals surface area contributed by atoms with E-state index in [9.17, 15) is 9.90 Å². The largest absolute Gasteiger partial charge is 0.487 e. The summed E-state index contributed by atoms with van der Waals surface area (Å²) in [6, 6.07) is 10.8. The van der Waals surface area contributed by atoms with Crippen molar-refractivity contribution in [1.82, 2.24) is 10.6 Å². The first-order valence-electron chi connectivity index (χ1n) is 8.69. The molecule has 0 radical (unpaired) electrons. The van der Waals surface area contributed by atoms with Gasteiger partial charge < -0.3 is 24.9 Å². The van der Waals surface area contributed by atoms with E-state index in [2.05, 4.69) is 10.6 Å². The lowest BCUT2D eigenvalue weighted by Crippen LogP contribution is -2.51. The van der Waals surface area contributed by atoms with E-state index in [1.807, 2.05) is 24.3 Å². The van der Waals surface area contributed by atoms with Gasteiger partial charge in [-0.15, -0.1) is 0 Å². The zero-order valence-electron chi connectivity index (χ0n) is 13.9. The molecule has 25 heavy (non-hydrogen) atoms. The summed E-state index contributed by atoms with van der Waals surface area (Å²) in [6.45, 7) is 0.0926. The zero-order valence-corrected chi connectivity index (χ0v) is 13.9. The summed E-state index contributed by atoms with van der Waals surface area (Å²) in [5.41, 5.74) is 0.863. The lowest BCUT2D eigenvalue weighted by Gasteiger charge is -2.48. The molecule has 2 aromatic rings. The molecule has 1 spiro atoms. The highest BCUT2D eigenvalue weighted by molar-refractivity contribution is 5.74. The number of urea groups is 1. The van der Waals surface area contributed by atoms with Crippen molar-refractivity contribution >= 4 is 6.03 Å². The maximum absolute atomic E-state index is 12.3. The van der Waals surface area contributed by atoms with E-state index in [-0.39, 0.29) is 24.2 Å². The fraction of sp³-hybridized carbons (Fsp3) is 0.421. The van der Waals surface area contributed by atoms with Gasteiger partial charge >= 0.3 is 6.03 Å². The number of hydrogen-bond acceptors (Lipinski definition) is 4. The molecule has 3 N–H and O–H groups in total.